The van der Waals surface area contributed by atoms with Gasteiger partial charge in [0.1, 0.15) is 5.82 Å². The fraction of sp³-hybridized carbons (Fsp3) is 0.133. The van der Waals surface area contributed by atoms with Crippen LogP contribution in [0.5, 0.6) is 0 Å². The molecule has 5 heteroatoms. The summed E-state index contributed by atoms with van der Waals surface area (Å²) in [5, 5.41) is 2.75. The normalized spacial score (nSPS) is 10.1. The summed E-state index contributed by atoms with van der Waals surface area (Å²) in [5.74, 6) is 4.33. The predicted octanol–water partition coefficient (Wildman–Crippen LogP) is 2.08. The summed E-state index contributed by atoms with van der Waals surface area (Å²) in [4.78, 5) is 12.0. The van der Waals surface area contributed by atoms with Crippen molar-refractivity contribution >= 4 is 11.6 Å². The number of nitrogen functional groups attached to an aromatic ring is 1. The van der Waals surface area contributed by atoms with Gasteiger partial charge in [0, 0.05) is 6.54 Å². The van der Waals surface area contributed by atoms with Crippen LogP contribution in [0, 0.1) is 5.82 Å². The molecular weight excluding hydrogens is 257 g/mol. The highest BCUT2D eigenvalue weighted by molar-refractivity contribution is 5.99. The second-order valence-electron chi connectivity index (χ2n) is 4.30. The Morgan fingerprint density at radius 2 is 1.85 bits per heavy atom. The molecular formula is C15H16FN3O. The van der Waals surface area contributed by atoms with Crippen molar-refractivity contribution in [2.75, 3.05) is 12.0 Å². The first-order chi connectivity index (χ1) is 9.72. The van der Waals surface area contributed by atoms with Crippen molar-refractivity contribution in [1.29, 1.82) is 0 Å². The predicted molar refractivity (Wildman–Crippen MR) is 76.7 cm³/mol. The van der Waals surface area contributed by atoms with Gasteiger partial charge in [-0.25, -0.2) is 4.39 Å². The lowest BCUT2D eigenvalue weighted by Crippen LogP contribution is -2.27. The molecule has 2 aromatic rings. The van der Waals surface area contributed by atoms with Gasteiger partial charge in [-0.15, -0.1) is 0 Å². The van der Waals surface area contributed by atoms with Gasteiger partial charge >= 0.3 is 0 Å². The molecule has 0 aliphatic heterocycles. The average Bonchev–Trinajstić information content (AvgIpc) is 2.48. The van der Waals surface area contributed by atoms with Gasteiger partial charge in [0.15, 0.2) is 0 Å². The molecule has 0 atom stereocenters. The molecule has 0 aliphatic rings. The molecule has 0 fully saturated rings. The monoisotopic (exact) mass is 273 g/mol. The third-order valence-electron chi connectivity index (χ3n) is 2.94. The van der Waals surface area contributed by atoms with E-state index in [0.29, 0.717) is 13.0 Å². The second kappa shape index (κ2) is 6.68. The van der Waals surface area contributed by atoms with Crippen LogP contribution in [0.2, 0.25) is 0 Å². The van der Waals surface area contributed by atoms with E-state index in [4.69, 9.17) is 5.84 Å². The minimum absolute atomic E-state index is 0.00436. The van der Waals surface area contributed by atoms with E-state index in [1.165, 1.54) is 18.2 Å². The number of amides is 1. The SMILES string of the molecule is NNc1c(F)cccc1C(=O)NCCc1ccccc1. The summed E-state index contributed by atoms with van der Waals surface area (Å²) in [6.07, 6.45) is 0.716. The average molecular weight is 273 g/mol. The van der Waals surface area contributed by atoms with Crippen LogP contribution in [0.4, 0.5) is 10.1 Å². The topological polar surface area (TPSA) is 67.1 Å². The van der Waals surface area contributed by atoms with Gasteiger partial charge in [0.2, 0.25) is 0 Å². The van der Waals surface area contributed by atoms with Crippen LogP contribution in [0.3, 0.4) is 0 Å². The second-order valence-corrected chi connectivity index (χ2v) is 4.30. The quantitative estimate of drug-likeness (QED) is 0.577. The van der Waals surface area contributed by atoms with Gasteiger partial charge in [-0.1, -0.05) is 36.4 Å². The van der Waals surface area contributed by atoms with Gasteiger partial charge in [-0.05, 0) is 24.1 Å². The first kappa shape index (κ1) is 14.0. The van der Waals surface area contributed by atoms with E-state index >= 15 is 0 Å². The summed E-state index contributed by atoms with van der Waals surface area (Å²) in [6, 6.07) is 14.0. The molecule has 2 aromatic carbocycles. The standard InChI is InChI=1S/C15H16FN3O/c16-13-8-4-7-12(14(13)19-17)15(20)18-10-9-11-5-2-1-3-6-11/h1-8,19H,9-10,17H2,(H,18,20). The van der Waals surface area contributed by atoms with Crippen LogP contribution < -0.4 is 16.6 Å². The van der Waals surface area contributed by atoms with E-state index in [1.807, 2.05) is 30.3 Å². The highest BCUT2D eigenvalue weighted by atomic mass is 19.1. The van der Waals surface area contributed by atoms with Crippen LogP contribution in [0.25, 0.3) is 0 Å². The third kappa shape index (κ3) is 3.33. The molecule has 0 aromatic heterocycles. The Balaban J connectivity index is 1.97. The van der Waals surface area contributed by atoms with E-state index in [9.17, 15) is 9.18 Å². The fourth-order valence-corrected chi connectivity index (χ4v) is 1.92. The van der Waals surface area contributed by atoms with Crippen LogP contribution in [-0.2, 0) is 6.42 Å². The lowest BCUT2D eigenvalue weighted by molar-refractivity contribution is 0.0954. The van der Waals surface area contributed by atoms with Gasteiger partial charge in [0.25, 0.3) is 5.91 Å². The van der Waals surface area contributed by atoms with E-state index < -0.39 is 5.82 Å². The molecule has 0 heterocycles. The van der Waals surface area contributed by atoms with E-state index in [-0.39, 0.29) is 17.2 Å². The molecule has 0 saturated carbocycles. The first-order valence-corrected chi connectivity index (χ1v) is 6.29. The molecule has 0 bridgehead atoms. The van der Waals surface area contributed by atoms with Gasteiger partial charge in [-0.3, -0.25) is 10.6 Å². The number of anilines is 1. The molecule has 0 saturated heterocycles. The number of nitrogens with two attached hydrogens (primary N) is 1. The zero-order valence-corrected chi connectivity index (χ0v) is 10.9. The molecule has 0 unspecified atom stereocenters. The Morgan fingerprint density at radius 1 is 1.10 bits per heavy atom. The number of para-hydroxylation sites is 1. The summed E-state index contributed by atoms with van der Waals surface area (Å²) < 4.78 is 13.5. The van der Waals surface area contributed by atoms with Crippen LogP contribution >= 0.6 is 0 Å². The summed E-state index contributed by atoms with van der Waals surface area (Å²) in [6.45, 7) is 0.476. The maximum absolute atomic E-state index is 13.5. The summed E-state index contributed by atoms with van der Waals surface area (Å²) in [5.41, 5.74) is 3.55. The summed E-state index contributed by atoms with van der Waals surface area (Å²) in [7, 11) is 0. The van der Waals surface area contributed by atoms with E-state index in [1.54, 1.807) is 0 Å². The maximum Gasteiger partial charge on any atom is 0.253 e. The van der Waals surface area contributed by atoms with Crippen LogP contribution in [0.15, 0.2) is 48.5 Å². The molecule has 1 amide bonds. The van der Waals surface area contributed by atoms with Gasteiger partial charge < -0.3 is 10.7 Å². The molecule has 104 valence electrons. The highest BCUT2D eigenvalue weighted by Crippen LogP contribution is 2.18. The molecule has 0 spiro atoms. The third-order valence-corrected chi connectivity index (χ3v) is 2.94. The molecule has 4 N–H and O–H groups in total. The fourth-order valence-electron chi connectivity index (χ4n) is 1.92. The molecule has 20 heavy (non-hydrogen) atoms. The Hall–Kier alpha value is -2.40. The van der Waals surface area contributed by atoms with E-state index in [2.05, 4.69) is 10.7 Å². The van der Waals surface area contributed by atoms with Crippen LogP contribution in [-0.4, -0.2) is 12.5 Å². The lowest BCUT2D eigenvalue weighted by Gasteiger charge is -2.10. The highest BCUT2D eigenvalue weighted by Gasteiger charge is 2.13. The Kier molecular flexibility index (Phi) is 4.68. The van der Waals surface area contributed by atoms with Gasteiger partial charge in [-0.2, -0.15) is 0 Å². The van der Waals surface area contributed by atoms with Crippen molar-refractivity contribution < 1.29 is 9.18 Å². The van der Waals surface area contributed by atoms with Crippen molar-refractivity contribution in [3.8, 4) is 0 Å². The van der Waals surface area contributed by atoms with Crippen LogP contribution in [0.1, 0.15) is 15.9 Å². The number of hydrogen-bond acceptors (Lipinski definition) is 3. The zero-order valence-electron chi connectivity index (χ0n) is 10.9. The van der Waals surface area contributed by atoms with Crippen molar-refractivity contribution in [3.63, 3.8) is 0 Å². The van der Waals surface area contributed by atoms with Crippen molar-refractivity contribution in [2.24, 2.45) is 5.84 Å². The minimum Gasteiger partial charge on any atom is -0.352 e. The smallest absolute Gasteiger partial charge is 0.253 e. The Morgan fingerprint density at radius 3 is 2.55 bits per heavy atom. The molecule has 0 aliphatic carbocycles. The molecule has 2 rings (SSSR count). The number of benzene rings is 2. The zero-order chi connectivity index (χ0) is 14.4. The Bertz CT molecular complexity index is 587. The maximum atomic E-state index is 13.5. The van der Waals surface area contributed by atoms with E-state index in [0.717, 1.165) is 5.56 Å². The number of halogens is 1. The number of hydrazine groups is 1. The number of carbonyl (C=O) groups is 1. The first-order valence-electron chi connectivity index (χ1n) is 6.29. The Labute approximate surface area is 116 Å². The van der Waals surface area contributed by atoms with Crippen molar-refractivity contribution in [1.82, 2.24) is 5.32 Å². The lowest BCUT2D eigenvalue weighted by atomic mass is 10.1. The number of rotatable bonds is 5. The minimum atomic E-state index is -0.553. The summed E-state index contributed by atoms with van der Waals surface area (Å²) >= 11 is 0. The number of nitrogens with one attached hydrogen (secondary N) is 2. The van der Waals surface area contributed by atoms with Crippen molar-refractivity contribution in [2.45, 2.75) is 6.42 Å². The molecule has 0 radical (unpaired) electrons. The molecule has 4 nitrogen and oxygen atoms in total. The van der Waals surface area contributed by atoms with Gasteiger partial charge in [0.05, 0.1) is 11.3 Å². The number of hydrogen-bond donors (Lipinski definition) is 3. The largest absolute Gasteiger partial charge is 0.352 e. The van der Waals surface area contributed by atoms with Crippen molar-refractivity contribution in [3.05, 3.63) is 65.5 Å². The number of carbonyl (C=O) groups excluding carboxylic acids is 1.